The molecule has 1 N–H and O–H groups in total. The number of rotatable bonds is 3. The van der Waals surface area contributed by atoms with Gasteiger partial charge in [-0.25, -0.2) is 8.78 Å². The predicted octanol–water partition coefficient (Wildman–Crippen LogP) is 4.39. The summed E-state index contributed by atoms with van der Waals surface area (Å²) in [6.45, 7) is 0.164. The normalized spacial score (nSPS) is 23.1. The van der Waals surface area contributed by atoms with E-state index in [0.29, 0.717) is 6.42 Å². The Balaban J connectivity index is 1.87. The fraction of sp³-hybridized carbons (Fsp3) is 0.538. The Morgan fingerprint density at radius 1 is 1.24 bits per heavy atom. The van der Waals surface area contributed by atoms with Gasteiger partial charge in [0.15, 0.2) is 11.9 Å². The first-order valence-corrected chi connectivity index (χ1v) is 6.72. The molecule has 1 aliphatic heterocycles. The van der Waals surface area contributed by atoms with Gasteiger partial charge in [-0.15, -0.1) is 0 Å². The van der Waals surface area contributed by atoms with Crippen molar-refractivity contribution in [3.05, 3.63) is 28.8 Å². The lowest BCUT2D eigenvalue weighted by Gasteiger charge is -2.30. The summed E-state index contributed by atoms with van der Waals surface area (Å²) in [4.78, 5) is 0. The monoisotopic (exact) mass is 329 g/mol. The molecule has 0 unspecified atom stereocenters. The van der Waals surface area contributed by atoms with Gasteiger partial charge in [0.05, 0.1) is 12.3 Å². The summed E-state index contributed by atoms with van der Waals surface area (Å²) in [5.41, 5.74) is 0.0133. The summed E-state index contributed by atoms with van der Waals surface area (Å²) in [5, 5.41) is 2.10. The maximum atomic E-state index is 13.6. The number of halogens is 6. The van der Waals surface area contributed by atoms with Crippen molar-refractivity contribution in [3.8, 4) is 0 Å². The van der Waals surface area contributed by atoms with Crippen LogP contribution in [0, 0.1) is 17.6 Å². The summed E-state index contributed by atoms with van der Waals surface area (Å²) >= 11 is 5.43. The molecule has 0 aromatic heterocycles. The zero-order chi connectivity index (χ0) is 15.6. The lowest BCUT2D eigenvalue weighted by atomic mass is 9.98. The van der Waals surface area contributed by atoms with Gasteiger partial charge in [-0.3, -0.25) is 0 Å². The van der Waals surface area contributed by atoms with E-state index >= 15 is 0 Å². The molecule has 0 radical (unpaired) electrons. The van der Waals surface area contributed by atoms with Crippen LogP contribution in [0.3, 0.4) is 0 Å². The van der Waals surface area contributed by atoms with E-state index in [1.54, 1.807) is 0 Å². The van der Waals surface area contributed by atoms with Crippen LogP contribution < -0.4 is 5.32 Å². The number of benzene rings is 1. The van der Waals surface area contributed by atoms with Crippen LogP contribution in [-0.4, -0.2) is 25.4 Å². The van der Waals surface area contributed by atoms with Crippen molar-refractivity contribution in [3.63, 3.8) is 0 Å². The molecule has 1 saturated heterocycles. The molecule has 8 heteroatoms. The highest BCUT2D eigenvalue weighted by atomic mass is 35.5. The van der Waals surface area contributed by atoms with Crippen molar-refractivity contribution < 1.29 is 26.7 Å². The van der Waals surface area contributed by atoms with Gasteiger partial charge in [0.2, 0.25) is 0 Å². The van der Waals surface area contributed by atoms with E-state index in [1.807, 2.05) is 0 Å². The van der Waals surface area contributed by atoms with Gasteiger partial charge >= 0.3 is 6.18 Å². The van der Waals surface area contributed by atoms with E-state index in [-0.39, 0.29) is 31.2 Å². The zero-order valence-electron chi connectivity index (χ0n) is 10.8. The Morgan fingerprint density at radius 2 is 1.95 bits per heavy atom. The molecule has 2 nitrogen and oxygen atoms in total. The van der Waals surface area contributed by atoms with Crippen molar-refractivity contribution in [2.75, 3.05) is 18.5 Å². The number of anilines is 1. The highest BCUT2D eigenvalue weighted by Gasteiger charge is 2.42. The topological polar surface area (TPSA) is 21.3 Å². The maximum Gasteiger partial charge on any atom is 0.414 e. The molecule has 0 amide bonds. The zero-order valence-corrected chi connectivity index (χ0v) is 11.6. The largest absolute Gasteiger partial charge is 0.414 e. The molecule has 1 fully saturated rings. The molecule has 1 aromatic rings. The average Bonchev–Trinajstić information content (AvgIpc) is 2.43. The van der Waals surface area contributed by atoms with Gasteiger partial charge in [0.25, 0.3) is 0 Å². The molecule has 1 aromatic carbocycles. The van der Waals surface area contributed by atoms with Gasteiger partial charge < -0.3 is 10.1 Å². The first kappa shape index (κ1) is 16.3. The van der Waals surface area contributed by atoms with Crippen molar-refractivity contribution >= 4 is 17.3 Å². The molecular weight excluding hydrogens is 317 g/mol. The van der Waals surface area contributed by atoms with Gasteiger partial charge in [0, 0.05) is 6.54 Å². The second-order valence-corrected chi connectivity index (χ2v) is 5.29. The molecule has 0 bridgehead atoms. The first-order valence-electron chi connectivity index (χ1n) is 6.34. The molecule has 0 aliphatic carbocycles. The third-order valence-corrected chi connectivity index (χ3v) is 3.70. The number of ether oxygens (including phenoxy) is 1. The van der Waals surface area contributed by atoms with Crippen LogP contribution in [0.2, 0.25) is 5.02 Å². The summed E-state index contributed by atoms with van der Waals surface area (Å²) in [7, 11) is 0. The standard InChI is InChI=1S/C13H13ClF5NO/c14-11-8(15)2-3-9(12(11)16)20-5-7-1-4-10(21-6-7)13(17,18)19/h2-3,7,10,20H,1,4-6H2/t7-,10-/m1/s1. The van der Waals surface area contributed by atoms with E-state index in [1.165, 1.54) is 6.07 Å². The molecule has 1 heterocycles. The highest BCUT2D eigenvalue weighted by molar-refractivity contribution is 6.31. The summed E-state index contributed by atoms with van der Waals surface area (Å²) in [6.07, 6.45) is -5.89. The number of hydrogen-bond donors (Lipinski definition) is 1. The lowest BCUT2D eigenvalue weighted by Crippen LogP contribution is -2.39. The van der Waals surface area contributed by atoms with Gasteiger partial charge in [-0.1, -0.05) is 11.6 Å². The fourth-order valence-electron chi connectivity index (χ4n) is 2.14. The second-order valence-electron chi connectivity index (χ2n) is 4.91. The Morgan fingerprint density at radius 3 is 2.52 bits per heavy atom. The Bertz CT molecular complexity index is 500. The fourth-order valence-corrected chi connectivity index (χ4v) is 2.31. The molecule has 0 spiro atoms. The van der Waals surface area contributed by atoms with Gasteiger partial charge in [-0.2, -0.15) is 13.2 Å². The Kier molecular flexibility index (Phi) is 4.93. The van der Waals surface area contributed by atoms with E-state index in [4.69, 9.17) is 16.3 Å². The number of nitrogens with one attached hydrogen (secondary N) is 1. The van der Waals surface area contributed by atoms with Crippen LogP contribution in [0.15, 0.2) is 12.1 Å². The molecule has 21 heavy (non-hydrogen) atoms. The van der Waals surface area contributed by atoms with E-state index in [0.717, 1.165) is 6.07 Å². The third-order valence-electron chi connectivity index (χ3n) is 3.35. The molecule has 1 aliphatic rings. The van der Waals surface area contributed by atoms with Crippen LogP contribution in [0.5, 0.6) is 0 Å². The molecule has 0 saturated carbocycles. The minimum atomic E-state index is -4.35. The van der Waals surface area contributed by atoms with E-state index < -0.39 is 28.9 Å². The summed E-state index contributed by atoms with van der Waals surface area (Å²) in [5.74, 6) is -1.96. The molecule has 2 rings (SSSR count). The quantitative estimate of drug-likeness (QED) is 0.656. The first-order chi connectivity index (χ1) is 9.79. The van der Waals surface area contributed by atoms with Gasteiger partial charge in [-0.05, 0) is 30.9 Å². The SMILES string of the molecule is Fc1ccc(NC[C@H]2CC[C@H](C(F)(F)F)OC2)c(F)c1Cl. The van der Waals surface area contributed by atoms with Crippen LogP contribution in [0.4, 0.5) is 27.6 Å². The molecular formula is C13H13ClF5NO. The van der Waals surface area contributed by atoms with E-state index in [2.05, 4.69) is 5.32 Å². The van der Waals surface area contributed by atoms with Gasteiger partial charge in [0.1, 0.15) is 10.8 Å². The molecule has 2 atom stereocenters. The summed E-state index contributed by atoms with van der Waals surface area (Å²) in [6, 6.07) is 2.21. The lowest BCUT2D eigenvalue weighted by molar-refractivity contribution is -0.235. The molecule has 118 valence electrons. The van der Waals surface area contributed by atoms with Crippen LogP contribution in [-0.2, 0) is 4.74 Å². The van der Waals surface area contributed by atoms with Crippen LogP contribution in [0.25, 0.3) is 0 Å². The Hall–Kier alpha value is -1.08. The summed E-state index contributed by atoms with van der Waals surface area (Å²) < 4.78 is 68.6. The van der Waals surface area contributed by atoms with Crippen molar-refractivity contribution in [1.82, 2.24) is 0 Å². The number of hydrogen-bond acceptors (Lipinski definition) is 2. The van der Waals surface area contributed by atoms with Crippen LogP contribution >= 0.6 is 11.6 Å². The van der Waals surface area contributed by atoms with Crippen LogP contribution in [0.1, 0.15) is 12.8 Å². The van der Waals surface area contributed by atoms with Crippen molar-refractivity contribution in [2.24, 2.45) is 5.92 Å². The number of alkyl halides is 3. The van der Waals surface area contributed by atoms with Crippen molar-refractivity contribution in [2.45, 2.75) is 25.1 Å². The second kappa shape index (κ2) is 6.36. The predicted molar refractivity (Wildman–Crippen MR) is 68.4 cm³/mol. The average molecular weight is 330 g/mol. The Labute approximate surface area is 123 Å². The maximum absolute atomic E-state index is 13.6. The third kappa shape index (κ3) is 3.97. The minimum Gasteiger partial charge on any atom is -0.382 e. The smallest absolute Gasteiger partial charge is 0.382 e. The minimum absolute atomic E-state index is 0.0133. The highest BCUT2D eigenvalue weighted by Crippen LogP contribution is 2.32. The van der Waals surface area contributed by atoms with E-state index in [9.17, 15) is 22.0 Å². The van der Waals surface area contributed by atoms with Crippen molar-refractivity contribution in [1.29, 1.82) is 0 Å².